The zero-order valence-corrected chi connectivity index (χ0v) is 7.20. The van der Waals surface area contributed by atoms with Crippen molar-refractivity contribution < 1.29 is 5.11 Å². The van der Waals surface area contributed by atoms with Crippen LogP contribution in [0.3, 0.4) is 0 Å². The summed E-state index contributed by atoms with van der Waals surface area (Å²) in [4.78, 5) is 0. The molecule has 62 valence electrons. The van der Waals surface area contributed by atoms with Gasteiger partial charge in [0.05, 0.1) is 18.3 Å². The van der Waals surface area contributed by atoms with E-state index in [2.05, 4.69) is 5.10 Å². The summed E-state index contributed by atoms with van der Waals surface area (Å²) in [5.74, 6) is 0. The van der Waals surface area contributed by atoms with Gasteiger partial charge in [-0.3, -0.25) is 4.68 Å². The molecule has 1 rings (SSSR count). The quantitative estimate of drug-likeness (QED) is 0.686. The van der Waals surface area contributed by atoms with Crippen LogP contribution >= 0.6 is 0 Å². The van der Waals surface area contributed by atoms with Gasteiger partial charge in [0, 0.05) is 6.20 Å². The fourth-order valence-corrected chi connectivity index (χ4v) is 0.982. The van der Waals surface area contributed by atoms with Crippen molar-refractivity contribution in [3.8, 4) is 0 Å². The lowest BCUT2D eigenvalue weighted by Crippen LogP contribution is -2.11. The van der Waals surface area contributed by atoms with Crippen molar-refractivity contribution in [3.05, 3.63) is 17.5 Å². The molecular weight excluding hydrogens is 140 g/mol. The molecule has 1 heterocycles. The van der Waals surface area contributed by atoms with Crippen LogP contribution in [0.2, 0.25) is 0 Å². The summed E-state index contributed by atoms with van der Waals surface area (Å²) in [6.07, 6.45) is 1.62. The van der Waals surface area contributed by atoms with Crippen molar-refractivity contribution in [2.75, 3.05) is 0 Å². The number of hydrogen-bond acceptors (Lipinski definition) is 2. The van der Waals surface area contributed by atoms with Crippen LogP contribution in [-0.4, -0.2) is 21.0 Å². The fourth-order valence-electron chi connectivity index (χ4n) is 0.982. The molecule has 1 atom stereocenters. The molecule has 11 heavy (non-hydrogen) atoms. The summed E-state index contributed by atoms with van der Waals surface area (Å²) in [6.45, 7) is 6.32. The van der Waals surface area contributed by atoms with Gasteiger partial charge in [0.2, 0.25) is 0 Å². The predicted octanol–water partition coefficient (Wildman–Crippen LogP) is 0.881. The SMILES string of the molecule is Cc1cn(CC(C)O)nc1C. The van der Waals surface area contributed by atoms with Crippen LogP contribution in [0.4, 0.5) is 0 Å². The van der Waals surface area contributed by atoms with Crippen LogP contribution in [0, 0.1) is 13.8 Å². The topological polar surface area (TPSA) is 38.0 Å². The molecule has 3 heteroatoms. The van der Waals surface area contributed by atoms with Crippen molar-refractivity contribution in [2.24, 2.45) is 0 Å². The molecule has 1 N–H and O–H groups in total. The number of aryl methyl sites for hydroxylation is 2. The van der Waals surface area contributed by atoms with E-state index in [0.29, 0.717) is 6.54 Å². The fraction of sp³-hybridized carbons (Fsp3) is 0.625. The van der Waals surface area contributed by atoms with Gasteiger partial charge in [0.15, 0.2) is 0 Å². The third-order valence-electron chi connectivity index (χ3n) is 1.64. The van der Waals surface area contributed by atoms with Gasteiger partial charge in [-0.1, -0.05) is 0 Å². The maximum atomic E-state index is 9.05. The van der Waals surface area contributed by atoms with E-state index in [4.69, 9.17) is 5.11 Å². The number of nitrogens with zero attached hydrogens (tertiary/aromatic N) is 2. The van der Waals surface area contributed by atoms with Gasteiger partial charge in [-0.15, -0.1) is 0 Å². The van der Waals surface area contributed by atoms with Gasteiger partial charge in [0.1, 0.15) is 0 Å². The Morgan fingerprint density at radius 3 is 2.64 bits per heavy atom. The summed E-state index contributed by atoms with van der Waals surface area (Å²) in [7, 11) is 0. The van der Waals surface area contributed by atoms with E-state index in [0.717, 1.165) is 5.69 Å². The highest BCUT2D eigenvalue weighted by Crippen LogP contribution is 2.02. The van der Waals surface area contributed by atoms with Crippen molar-refractivity contribution in [2.45, 2.75) is 33.4 Å². The molecule has 0 fully saturated rings. The Kier molecular flexibility index (Phi) is 2.29. The average Bonchev–Trinajstić information content (AvgIpc) is 2.10. The third kappa shape index (κ3) is 2.05. The molecular formula is C8H14N2O. The number of aliphatic hydroxyl groups is 1. The lowest BCUT2D eigenvalue weighted by atomic mass is 10.3. The molecule has 0 saturated carbocycles. The minimum atomic E-state index is -0.325. The molecule has 1 unspecified atom stereocenters. The van der Waals surface area contributed by atoms with Crippen molar-refractivity contribution in [1.82, 2.24) is 9.78 Å². The predicted molar refractivity (Wildman–Crippen MR) is 43.4 cm³/mol. The largest absolute Gasteiger partial charge is 0.391 e. The van der Waals surface area contributed by atoms with E-state index in [-0.39, 0.29) is 6.10 Å². The minimum Gasteiger partial charge on any atom is -0.391 e. The number of aliphatic hydroxyl groups excluding tert-OH is 1. The highest BCUT2D eigenvalue weighted by Gasteiger charge is 2.01. The number of rotatable bonds is 2. The molecule has 1 aromatic rings. The maximum Gasteiger partial charge on any atom is 0.0708 e. The van der Waals surface area contributed by atoms with Gasteiger partial charge in [-0.25, -0.2) is 0 Å². The van der Waals surface area contributed by atoms with Crippen LogP contribution in [0.15, 0.2) is 6.20 Å². The first-order chi connectivity index (χ1) is 5.09. The molecule has 0 aliphatic carbocycles. The van der Waals surface area contributed by atoms with Gasteiger partial charge in [0.25, 0.3) is 0 Å². The summed E-state index contributed by atoms with van der Waals surface area (Å²) in [5.41, 5.74) is 2.20. The molecule has 0 aliphatic rings. The lowest BCUT2D eigenvalue weighted by Gasteiger charge is -2.02. The second kappa shape index (κ2) is 3.05. The highest BCUT2D eigenvalue weighted by molar-refractivity contribution is 5.12. The van der Waals surface area contributed by atoms with Gasteiger partial charge in [-0.05, 0) is 26.3 Å². The van der Waals surface area contributed by atoms with E-state index in [9.17, 15) is 0 Å². The zero-order chi connectivity index (χ0) is 8.43. The first kappa shape index (κ1) is 8.27. The standard InChI is InChI=1S/C8H14N2O/c1-6-4-10(5-7(2)11)9-8(6)3/h4,7,11H,5H2,1-3H3. The van der Waals surface area contributed by atoms with Gasteiger partial charge >= 0.3 is 0 Å². The smallest absolute Gasteiger partial charge is 0.0708 e. The van der Waals surface area contributed by atoms with Gasteiger partial charge < -0.3 is 5.11 Å². The van der Waals surface area contributed by atoms with Crippen LogP contribution in [-0.2, 0) is 6.54 Å². The average molecular weight is 154 g/mol. The zero-order valence-electron chi connectivity index (χ0n) is 7.20. The van der Waals surface area contributed by atoms with E-state index in [1.165, 1.54) is 5.56 Å². The molecule has 3 nitrogen and oxygen atoms in total. The Morgan fingerprint density at radius 1 is 1.64 bits per heavy atom. The monoisotopic (exact) mass is 154 g/mol. The molecule has 0 radical (unpaired) electrons. The molecule has 0 aromatic carbocycles. The second-order valence-corrected chi connectivity index (χ2v) is 2.97. The molecule has 0 bridgehead atoms. The Morgan fingerprint density at radius 2 is 2.27 bits per heavy atom. The first-order valence-electron chi connectivity index (χ1n) is 3.78. The number of hydrogen-bond donors (Lipinski definition) is 1. The summed E-state index contributed by atoms with van der Waals surface area (Å²) >= 11 is 0. The van der Waals surface area contributed by atoms with Crippen molar-refractivity contribution in [3.63, 3.8) is 0 Å². The molecule has 0 amide bonds. The van der Waals surface area contributed by atoms with Crippen LogP contribution in [0.25, 0.3) is 0 Å². The Hall–Kier alpha value is -0.830. The Labute approximate surface area is 66.7 Å². The third-order valence-corrected chi connectivity index (χ3v) is 1.64. The van der Waals surface area contributed by atoms with E-state index < -0.39 is 0 Å². The van der Waals surface area contributed by atoms with Crippen LogP contribution in [0.5, 0.6) is 0 Å². The first-order valence-corrected chi connectivity index (χ1v) is 3.78. The minimum absolute atomic E-state index is 0.325. The molecule has 0 spiro atoms. The van der Waals surface area contributed by atoms with Crippen molar-refractivity contribution in [1.29, 1.82) is 0 Å². The van der Waals surface area contributed by atoms with E-state index in [1.54, 1.807) is 11.6 Å². The Balaban J connectivity index is 2.73. The van der Waals surface area contributed by atoms with Crippen LogP contribution < -0.4 is 0 Å². The molecule has 0 saturated heterocycles. The second-order valence-electron chi connectivity index (χ2n) is 2.97. The summed E-state index contributed by atoms with van der Waals surface area (Å²) < 4.78 is 1.77. The maximum absolute atomic E-state index is 9.05. The van der Waals surface area contributed by atoms with E-state index in [1.807, 2.05) is 20.0 Å². The van der Waals surface area contributed by atoms with Crippen LogP contribution in [0.1, 0.15) is 18.2 Å². The molecule has 1 aromatic heterocycles. The normalized spacial score (nSPS) is 13.5. The highest BCUT2D eigenvalue weighted by atomic mass is 16.3. The van der Waals surface area contributed by atoms with Crippen molar-refractivity contribution >= 4 is 0 Å². The number of aromatic nitrogens is 2. The van der Waals surface area contributed by atoms with Gasteiger partial charge in [-0.2, -0.15) is 5.10 Å². The lowest BCUT2D eigenvalue weighted by molar-refractivity contribution is 0.168. The summed E-state index contributed by atoms with van der Waals surface area (Å²) in [6, 6.07) is 0. The Bertz CT molecular complexity index is 221. The molecule has 0 aliphatic heterocycles. The van der Waals surface area contributed by atoms with E-state index >= 15 is 0 Å². The summed E-state index contributed by atoms with van der Waals surface area (Å²) in [5, 5.41) is 13.3.